The van der Waals surface area contributed by atoms with Gasteiger partial charge in [-0.3, -0.25) is 0 Å². The lowest BCUT2D eigenvalue weighted by molar-refractivity contribution is 0.00578. The van der Waals surface area contributed by atoms with Gasteiger partial charge in [0, 0.05) is 0 Å². The lowest BCUT2D eigenvalue weighted by Crippen LogP contribution is -2.41. The van der Waals surface area contributed by atoms with E-state index in [0.29, 0.717) is 5.41 Å². The predicted molar refractivity (Wildman–Crippen MR) is 82.4 cm³/mol. The Bertz CT molecular complexity index is 415. The van der Waals surface area contributed by atoms with E-state index >= 15 is 0 Å². The van der Waals surface area contributed by atoms with Crippen LogP contribution in [0, 0.1) is 5.41 Å². The Morgan fingerprint density at radius 2 is 1.55 bits per heavy atom. The van der Waals surface area contributed by atoms with Crippen molar-refractivity contribution >= 4 is 18.9 Å². The van der Waals surface area contributed by atoms with Gasteiger partial charge in [0.2, 0.25) is 0 Å². The van der Waals surface area contributed by atoms with Gasteiger partial charge in [-0.15, -0.1) is 0 Å². The molecule has 0 aromatic heterocycles. The molecule has 1 spiro atoms. The second kappa shape index (κ2) is 4.75. The standard InChI is InChI=1S/C15H24BFO2S/c1-13(2)14(3,4)19-16(18-13)12(17)11-5-7-15(8-6-11)9-20-10-15/h5-10H2,1-4H3. The molecule has 3 aliphatic rings. The normalized spacial score (nSPS) is 30.4. The summed E-state index contributed by atoms with van der Waals surface area (Å²) >= 11 is 2.02. The van der Waals surface area contributed by atoms with E-state index < -0.39 is 18.3 Å². The van der Waals surface area contributed by atoms with Crippen LogP contribution in [0.5, 0.6) is 0 Å². The lowest BCUT2D eigenvalue weighted by Gasteiger charge is -2.45. The van der Waals surface area contributed by atoms with Gasteiger partial charge in [-0.05, 0) is 75.9 Å². The topological polar surface area (TPSA) is 18.5 Å². The van der Waals surface area contributed by atoms with Crippen molar-refractivity contribution in [1.82, 2.24) is 0 Å². The fourth-order valence-corrected chi connectivity index (χ4v) is 4.47. The van der Waals surface area contributed by atoms with Gasteiger partial charge in [0.1, 0.15) is 5.73 Å². The minimum atomic E-state index is -0.806. The van der Waals surface area contributed by atoms with Crippen LogP contribution >= 0.6 is 11.8 Å². The molecular weight excluding hydrogens is 274 g/mol. The third-order valence-corrected chi connectivity index (χ3v) is 7.16. The molecule has 0 bridgehead atoms. The minimum Gasteiger partial charge on any atom is -0.398 e. The third kappa shape index (κ3) is 2.36. The molecule has 2 aliphatic heterocycles. The molecular formula is C15H24BFO2S. The Morgan fingerprint density at radius 3 is 1.95 bits per heavy atom. The monoisotopic (exact) mass is 298 g/mol. The summed E-state index contributed by atoms with van der Waals surface area (Å²) in [5.41, 5.74) is 0.354. The van der Waals surface area contributed by atoms with E-state index in [0.717, 1.165) is 31.3 Å². The van der Waals surface area contributed by atoms with E-state index in [4.69, 9.17) is 9.31 Å². The Hall–Kier alpha value is 0.00494. The molecule has 3 rings (SSSR count). The minimum absolute atomic E-state index is 0.162. The molecule has 3 fully saturated rings. The number of thioether (sulfide) groups is 1. The smallest absolute Gasteiger partial charge is 0.398 e. The van der Waals surface area contributed by atoms with Crippen molar-refractivity contribution in [2.24, 2.45) is 5.41 Å². The zero-order valence-electron chi connectivity index (χ0n) is 12.9. The molecule has 1 aliphatic carbocycles. The summed E-state index contributed by atoms with van der Waals surface area (Å²) in [6.07, 6.45) is 4.00. The zero-order valence-corrected chi connectivity index (χ0v) is 13.7. The van der Waals surface area contributed by atoms with Gasteiger partial charge in [0.15, 0.2) is 0 Å². The van der Waals surface area contributed by atoms with Crippen LogP contribution in [-0.4, -0.2) is 29.8 Å². The SMILES string of the molecule is CC1(C)OB(C(F)=C2CCC3(CC2)CSC3)OC1(C)C. The van der Waals surface area contributed by atoms with Gasteiger partial charge in [-0.25, -0.2) is 4.39 Å². The second-order valence-corrected chi connectivity index (χ2v) is 8.52. The predicted octanol–water partition coefficient (Wildman–Crippen LogP) is 4.15. The van der Waals surface area contributed by atoms with Crippen LogP contribution in [0.1, 0.15) is 53.4 Å². The van der Waals surface area contributed by atoms with Gasteiger partial charge in [0.25, 0.3) is 0 Å². The average molecular weight is 298 g/mol. The molecule has 2 saturated heterocycles. The van der Waals surface area contributed by atoms with Gasteiger partial charge in [0.05, 0.1) is 11.2 Å². The number of halogens is 1. The maximum absolute atomic E-state index is 14.7. The molecule has 0 aromatic carbocycles. The van der Waals surface area contributed by atoms with E-state index in [1.165, 1.54) is 11.5 Å². The summed E-state index contributed by atoms with van der Waals surface area (Å²) in [5, 5.41) is 0. The first kappa shape index (κ1) is 14.9. The Morgan fingerprint density at radius 1 is 1.05 bits per heavy atom. The van der Waals surface area contributed by atoms with E-state index in [9.17, 15) is 4.39 Å². The zero-order chi connectivity index (χ0) is 14.6. The molecule has 0 amide bonds. The Labute approximate surface area is 126 Å². The van der Waals surface area contributed by atoms with E-state index in [1.807, 2.05) is 39.5 Å². The van der Waals surface area contributed by atoms with Crippen molar-refractivity contribution in [3.05, 3.63) is 11.3 Å². The molecule has 20 heavy (non-hydrogen) atoms. The molecule has 0 radical (unpaired) electrons. The first-order chi connectivity index (χ1) is 9.25. The highest BCUT2D eigenvalue weighted by Crippen LogP contribution is 2.51. The molecule has 5 heteroatoms. The summed E-state index contributed by atoms with van der Waals surface area (Å²) < 4.78 is 26.3. The number of allylic oxidation sites excluding steroid dienone is 1. The highest BCUT2D eigenvalue weighted by Gasteiger charge is 2.54. The molecule has 112 valence electrons. The molecule has 0 N–H and O–H groups in total. The van der Waals surface area contributed by atoms with Crippen molar-refractivity contribution in [3.63, 3.8) is 0 Å². The van der Waals surface area contributed by atoms with Gasteiger partial charge >= 0.3 is 7.12 Å². The lowest BCUT2D eigenvalue weighted by atomic mass is 9.71. The Kier molecular flexibility index (Phi) is 3.55. The molecule has 1 saturated carbocycles. The van der Waals surface area contributed by atoms with Gasteiger partial charge in [-0.2, -0.15) is 11.8 Å². The fourth-order valence-electron chi connectivity index (χ4n) is 3.11. The van der Waals surface area contributed by atoms with Crippen LogP contribution in [-0.2, 0) is 9.31 Å². The molecule has 2 nitrogen and oxygen atoms in total. The van der Waals surface area contributed by atoms with Crippen molar-refractivity contribution < 1.29 is 13.7 Å². The van der Waals surface area contributed by atoms with Crippen LogP contribution in [0.2, 0.25) is 0 Å². The maximum atomic E-state index is 14.7. The van der Waals surface area contributed by atoms with Crippen molar-refractivity contribution in [1.29, 1.82) is 0 Å². The first-order valence-corrected chi connectivity index (χ1v) is 8.71. The summed E-state index contributed by atoms with van der Waals surface area (Å²) in [5.74, 6) is 2.52. The van der Waals surface area contributed by atoms with E-state index in [2.05, 4.69) is 0 Å². The molecule has 0 atom stereocenters. The third-order valence-electron chi connectivity index (χ3n) is 5.53. The number of rotatable bonds is 1. The maximum Gasteiger partial charge on any atom is 0.525 e. The van der Waals surface area contributed by atoms with E-state index in [-0.39, 0.29) is 5.73 Å². The summed E-state index contributed by atoms with van der Waals surface area (Å²) in [6.45, 7) is 7.86. The number of hydrogen-bond donors (Lipinski definition) is 0. The average Bonchev–Trinajstić information content (AvgIpc) is 2.56. The van der Waals surface area contributed by atoms with Crippen LogP contribution < -0.4 is 0 Å². The van der Waals surface area contributed by atoms with Crippen LogP contribution in [0.4, 0.5) is 4.39 Å². The Balaban J connectivity index is 1.70. The molecule has 0 aromatic rings. The second-order valence-electron chi connectivity index (χ2n) is 7.53. The van der Waals surface area contributed by atoms with Gasteiger partial charge in [-0.1, -0.05) is 0 Å². The van der Waals surface area contributed by atoms with E-state index in [1.54, 1.807) is 0 Å². The molecule has 0 unspecified atom stereocenters. The van der Waals surface area contributed by atoms with Gasteiger partial charge < -0.3 is 9.31 Å². The highest BCUT2D eigenvalue weighted by molar-refractivity contribution is 8.00. The summed E-state index contributed by atoms with van der Waals surface area (Å²) in [7, 11) is -0.806. The largest absolute Gasteiger partial charge is 0.525 e. The fraction of sp³-hybridized carbons (Fsp3) is 0.867. The van der Waals surface area contributed by atoms with Crippen LogP contribution in [0.15, 0.2) is 11.3 Å². The molecule has 2 heterocycles. The van der Waals surface area contributed by atoms with Crippen molar-refractivity contribution in [2.45, 2.75) is 64.6 Å². The summed E-state index contributed by atoms with van der Waals surface area (Å²) in [4.78, 5) is 0. The van der Waals surface area contributed by atoms with Crippen molar-refractivity contribution in [2.75, 3.05) is 11.5 Å². The van der Waals surface area contributed by atoms with Crippen LogP contribution in [0.3, 0.4) is 0 Å². The number of hydrogen-bond acceptors (Lipinski definition) is 3. The van der Waals surface area contributed by atoms with Crippen LogP contribution in [0.25, 0.3) is 0 Å². The van der Waals surface area contributed by atoms with Crippen molar-refractivity contribution in [3.8, 4) is 0 Å². The summed E-state index contributed by atoms with van der Waals surface area (Å²) in [6, 6.07) is 0. The quantitative estimate of drug-likeness (QED) is 0.678. The highest BCUT2D eigenvalue weighted by atomic mass is 32.2. The first-order valence-electron chi connectivity index (χ1n) is 7.56.